The monoisotopic (exact) mass is 1270 g/mol. The first kappa shape index (κ1) is 65.2. The lowest BCUT2D eigenvalue weighted by molar-refractivity contribution is 0.331. The van der Waals surface area contributed by atoms with Crippen LogP contribution in [-0.2, 0) is 59.6 Å². The molecule has 8 aromatic carbocycles. The average Bonchev–Trinajstić information content (AvgIpc) is 1.09. The van der Waals surface area contributed by atoms with Crippen LogP contribution in [0.3, 0.4) is 0 Å². The number of anilines is 9. The molecular formula is C92H112BN3. The lowest BCUT2D eigenvalue weighted by atomic mass is 9.33. The van der Waals surface area contributed by atoms with E-state index >= 15 is 0 Å². The summed E-state index contributed by atoms with van der Waals surface area (Å²) in [5, 5.41) is 0. The van der Waals surface area contributed by atoms with Crippen LogP contribution in [0.2, 0.25) is 0 Å². The maximum Gasteiger partial charge on any atom is 0.252 e. The summed E-state index contributed by atoms with van der Waals surface area (Å²) in [4.78, 5) is 8.22. The van der Waals surface area contributed by atoms with Crippen molar-refractivity contribution in [3.8, 4) is 11.1 Å². The smallest absolute Gasteiger partial charge is 0.252 e. The van der Waals surface area contributed by atoms with Crippen LogP contribution in [0.4, 0.5) is 51.2 Å². The highest BCUT2D eigenvalue weighted by molar-refractivity contribution is 7.00. The quantitative estimate of drug-likeness (QED) is 0.159. The number of fused-ring (bicyclic) bond motifs is 11. The van der Waals surface area contributed by atoms with Crippen LogP contribution in [0.15, 0.2) is 127 Å². The maximum absolute atomic E-state index is 2.83. The SMILES string of the molecule is Cc1cc2c(cc1N1c3cc4c(cc3B3c5cc6c(cc5N(c5ccc7c(c5)C(C)(C)CCC7(C)C)c5cc(N(c7ccc(C(C)(C)C)cc7)c7ccc(C(C)(C)C)cc7)cc1c53)C(C)(C)CCC6(C)C)-c1cc3c(cc1C4(C)C)C(C)(C)CCC3(C)C)C(C)(C)CCC2(C)C. The van der Waals surface area contributed by atoms with Crippen LogP contribution < -0.4 is 31.1 Å². The van der Waals surface area contributed by atoms with E-state index in [1.54, 1.807) is 5.56 Å². The van der Waals surface area contributed by atoms with Crippen LogP contribution in [0.5, 0.6) is 0 Å². The second kappa shape index (κ2) is 20.4. The highest BCUT2D eigenvalue weighted by Crippen LogP contribution is 2.60. The number of hydrogen-bond donors (Lipinski definition) is 0. The Morgan fingerprint density at radius 3 is 1.15 bits per heavy atom. The molecule has 0 unspecified atom stereocenters. The normalized spacial score (nSPS) is 20.9. The summed E-state index contributed by atoms with van der Waals surface area (Å²) in [6, 6.07) is 53.9. The molecule has 2 heterocycles. The number of benzene rings is 8. The van der Waals surface area contributed by atoms with Crippen LogP contribution in [0.25, 0.3) is 11.1 Å². The van der Waals surface area contributed by atoms with Gasteiger partial charge in [-0.2, -0.15) is 0 Å². The Bertz CT molecular complexity index is 4530. The van der Waals surface area contributed by atoms with Crippen molar-refractivity contribution < 1.29 is 0 Å². The first-order valence-corrected chi connectivity index (χ1v) is 37.1. The molecule has 0 saturated carbocycles. The molecule has 8 aromatic rings. The van der Waals surface area contributed by atoms with Gasteiger partial charge in [-0.25, -0.2) is 0 Å². The second-order valence-corrected chi connectivity index (χ2v) is 39.4. The Morgan fingerprint density at radius 2 is 0.667 bits per heavy atom. The number of rotatable bonds is 5. The highest BCUT2D eigenvalue weighted by Gasteiger charge is 2.51. The van der Waals surface area contributed by atoms with Gasteiger partial charge in [0, 0.05) is 50.9 Å². The average molecular weight is 1270 g/mol. The Morgan fingerprint density at radius 1 is 0.312 bits per heavy atom. The molecule has 15 rings (SSSR count). The predicted molar refractivity (Wildman–Crippen MR) is 416 cm³/mol. The fourth-order valence-electron chi connectivity index (χ4n) is 19.3. The molecule has 0 atom stereocenters. The van der Waals surface area contributed by atoms with Crippen LogP contribution in [0.1, 0.15) is 290 Å². The first-order valence-electron chi connectivity index (χ1n) is 37.1. The third-order valence-electron chi connectivity index (χ3n) is 26.5. The molecule has 7 aliphatic rings. The van der Waals surface area contributed by atoms with E-state index in [9.17, 15) is 0 Å². The highest BCUT2D eigenvalue weighted by atomic mass is 15.2. The minimum atomic E-state index is -0.262. The zero-order valence-corrected chi connectivity index (χ0v) is 63.7. The lowest BCUT2D eigenvalue weighted by Crippen LogP contribution is -2.62. The van der Waals surface area contributed by atoms with E-state index in [4.69, 9.17) is 0 Å². The van der Waals surface area contributed by atoms with E-state index in [0.29, 0.717) is 0 Å². The minimum absolute atomic E-state index is 0.00287. The van der Waals surface area contributed by atoms with Gasteiger partial charge in [-0.15, -0.1) is 0 Å². The van der Waals surface area contributed by atoms with Crippen molar-refractivity contribution in [1.29, 1.82) is 0 Å². The third kappa shape index (κ3) is 9.73. The molecule has 3 nitrogen and oxygen atoms in total. The van der Waals surface area contributed by atoms with Crippen molar-refractivity contribution in [2.24, 2.45) is 0 Å². The third-order valence-corrected chi connectivity index (χ3v) is 26.5. The van der Waals surface area contributed by atoms with E-state index in [2.05, 4.69) is 315 Å². The molecule has 0 spiro atoms. The summed E-state index contributed by atoms with van der Waals surface area (Å²) in [5.74, 6) is 0. The van der Waals surface area contributed by atoms with E-state index in [-0.39, 0.29) is 66.3 Å². The summed E-state index contributed by atoms with van der Waals surface area (Å²) in [7, 11) is 0. The molecule has 0 N–H and O–H groups in total. The van der Waals surface area contributed by atoms with Crippen molar-refractivity contribution in [3.05, 3.63) is 200 Å². The van der Waals surface area contributed by atoms with E-state index in [0.717, 1.165) is 42.7 Å². The molecule has 0 fully saturated rings. The van der Waals surface area contributed by atoms with Gasteiger partial charge in [0.15, 0.2) is 0 Å². The zero-order chi connectivity index (χ0) is 68.9. The van der Waals surface area contributed by atoms with E-state index in [1.165, 1.54) is 154 Å². The summed E-state index contributed by atoms with van der Waals surface area (Å²) < 4.78 is 0. The van der Waals surface area contributed by atoms with Gasteiger partial charge in [0.25, 0.3) is 6.71 Å². The maximum atomic E-state index is 2.83. The van der Waals surface area contributed by atoms with Crippen molar-refractivity contribution in [1.82, 2.24) is 0 Å². The number of hydrogen-bond acceptors (Lipinski definition) is 3. The molecule has 0 saturated heterocycles. The van der Waals surface area contributed by atoms with Gasteiger partial charge >= 0.3 is 0 Å². The lowest BCUT2D eigenvalue weighted by Gasteiger charge is -2.49. The fraction of sp³-hybridized carbons (Fsp3) is 0.478. The van der Waals surface area contributed by atoms with Crippen molar-refractivity contribution >= 4 is 74.3 Å². The molecule has 0 aromatic heterocycles. The van der Waals surface area contributed by atoms with Gasteiger partial charge < -0.3 is 14.7 Å². The Kier molecular flexibility index (Phi) is 13.9. The second-order valence-electron chi connectivity index (χ2n) is 39.4. The van der Waals surface area contributed by atoms with Gasteiger partial charge in [-0.3, -0.25) is 0 Å². The molecule has 96 heavy (non-hydrogen) atoms. The van der Waals surface area contributed by atoms with Crippen LogP contribution >= 0.6 is 0 Å². The van der Waals surface area contributed by atoms with E-state index < -0.39 is 0 Å². The standard InChI is InChI=1S/C92H112BN3/c1-55-44-67-72(90(20,21)42-38-85(67,10)11)53-76(55)96-78-52-66-63(62-48-69-70(50-65(62)92(66,24)25)88(16,17)40-39-87(69,14)15)49-74(78)93-75-51-71-73(91(22,23)43-41-89(71,18)19)54-77(75)95(60-34-35-64-68(45-60)86(12,13)37-36-84(64,8)9)79-46-61(47-80(96)81(79)93)94(58-30-26-56(27-31-58)82(2,3)4)59-32-28-57(29-33-59)83(5,6)7/h26-35,44-54H,36-43H2,1-25H3. The predicted octanol–water partition coefficient (Wildman–Crippen LogP) is 23.8. The molecule has 498 valence electrons. The van der Waals surface area contributed by atoms with Crippen molar-refractivity contribution in [2.45, 2.75) is 284 Å². The largest absolute Gasteiger partial charge is 0.311 e. The van der Waals surface area contributed by atoms with Crippen LogP contribution in [-0.4, -0.2) is 6.71 Å². The number of aryl methyl sites for hydroxylation is 1. The topological polar surface area (TPSA) is 9.72 Å². The molecule has 0 bridgehead atoms. The van der Waals surface area contributed by atoms with Crippen molar-refractivity contribution in [3.63, 3.8) is 0 Å². The van der Waals surface area contributed by atoms with Crippen molar-refractivity contribution in [2.75, 3.05) is 14.7 Å². The molecular weight excluding hydrogens is 1160 g/mol. The van der Waals surface area contributed by atoms with Crippen LogP contribution in [0, 0.1) is 6.92 Å². The molecule has 2 aliphatic heterocycles. The van der Waals surface area contributed by atoms with E-state index in [1.807, 2.05) is 0 Å². The summed E-state index contributed by atoms with van der Waals surface area (Å²) in [6.45, 7) is 61.6. The Hall–Kier alpha value is -6.78. The number of nitrogens with zero attached hydrogens (tertiary/aromatic N) is 3. The Balaban J connectivity index is 1.12. The van der Waals surface area contributed by atoms with Gasteiger partial charge in [0.2, 0.25) is 0 Å². The summed E-state index contributed by atoms with van der Waals surface area (Å²) in [6.07, 6.45) is 9.31. The summed E-state index contributed by atoms with van der Waals surface area (Å²) >= 11 is 0. The van der Waals surface area contributed by atoms with Gasteiger partial charge in [0.05, 0.1) is 5.69 Å². The molecule has 5 aliphatic carbocycles. The van der Waals surface area contributed by atoms with Gasteiger partial charge in [0.1, 0.15) is 0 Å². The van der Waals surface area contributed by atoms with Gasteiger partial charge in [-0.1, -0.05) is 221 Å². The molecule has 0 radical (unpaired) electrons. The Labute approximate surface area is 580 Å². The first-order chi connectivity index (χ1) is 44.4. The zero-order valence-electron chi connectivity index (χ0n) is 63.7. The molecule has 0 amide bonds. The molecule has 4 heteroatoms. The van der Waals surface area contributed by atoms with Gasteiger partial charge in [-0.05, 0) is 285 Å². The minimum Gasteiger partial charge on any atom is -0.311 e. The fourth-order valence-corrected chi connectivity index (χ4v) is 19.3. The summed E-state index contributed by atoms with van der Waals surface area (Å²) in [5.41, 5.74) is 37.0.